The number of anilines is 1. The standard InChI is InChI=1S/C17H26N4O5S/c1-20(15-4-3-7-18-19-15)11-14-12-21(8-9-26-14)27(23,24)13-17(5-6-17)10-16(22)25-2/h3-4,7,14H,5-6,8-13H2,1-2H3. The number of carbonyl (C=O) groups is 1. The lowest BCUT2D eigenvalue weighted by atomic mass is 10.1. The predicted octanol–water partition coefficient (Wildman–Crippen LogP) is 0.287. The molecule has 2 heterocycles. The predicted molar refractivity (Wildman–Crippen MR) is 98.7 cm³/mol. The van der Waals surface area contributed by atoms with Crippen molar-refractivity contribution in [1.29, 1.82) is 0 Å². The second kappa shape index (κ2) is 8.07. The number of likely N-dealkylation sites (N-methyl/N-ethyl adjacent to an activating group) is 1. The van der Waals surface area contributed by atoms with Crippen LogP contribution in [0.3, 0.4) is 0 Å². The molecule has 3 rings (SSSR count). The molecule has 1 saturated carbocycles. The van der Waals surface area contributed by atoms with Crippen LogP contribution in [-0.2, 0) is 24.3 Å². The number of morpholine rings is 1. The summed E-state index contributed by atoms with van der Waals surface area (Å²) < 4.78 is 37.7. The highest BCUT2D eigenvalue weighted by atomic mass is 32.2. The maximum absolute atomic E-state index is 12.9. The van der Waals surface area contributed by atoms with Crippen LogP contribution < -0.4 is 4.90 Å². The van der Waals surface area contributed by atoms with Gasteiger partial charge >= 0.3 is 5.97 Å². The van der Waals surface area contributed by atoms with E-state index in [0.717, 1.165) is 12.8 Å². The van der Waals surface area contributed by atoms with Crippen molar-refractivity contribution in [2.75, 3.05) is 51.1 Å². The molecule has 9 nitrogen and oxygen atoms in total. The normalized spacial score (nSPS) is 22.2. The van der Waals surface area contributed by atoms with E-state index in [2.05, 4.69) is 10.2 Å². The van der Waals surface area contributed by atoms with Gasteiger partial charge in [0.15, 0.2) is 5.82 Å². The lowest BCUT2D eigenvalue weighted by molar-refractivity contribution is -0.141. The SMILES string of the molecule is COC(=O)CC1(CS(=O)(=O)N2CCOC(CN(C)c3cccnn3)C2)CC1. The first-order valence-corrected chi connectivity index (χ1v) is 10.6. The van der Waals surface area contributed by atoms with Crippen molar-refractivity contribution in [2.45, 2.75) is 25.4 Å². The van der Waals surface area contributed by atoms with Crippen LogP contribution in [0.25, 0.3) is 0 Å². The fraction of sp³-hybridized carbons (Fsp3) is 0.706. The molecule has 1 aromatic heterocycles. The Labute approximate surface area is 159 Å². The zero-order chi connectivity index (χ0) is 19.5. The molecule has 1 aliphatic heterocycles. The largest absolute Gasteiger partial charge is 0.469 e. The topological polar surface area (TPSA) is 102 Å². The van der Waals surface area contributed by atoms with E-state index in [1.807, 2.05) is 18.0 Å². The van der Waals surface area contributed by atoms with Gasteiger partial charge in [0.05, 0.1) is 32.0 Å². The van der Waals surface area contributed by atoms with Crippen molar-refractivity contribution in [3.63, 3.8) is 0 Å². The highest BCUT2D eigenvalue weighted by Gasteiger charge is 2.49. The van der Waals surface area contributed by atoms with E-state index in [4.69, 9.17) is 9.47 Å². The van der Waals surface area contributed by atoms with Gasteiger partial charge in [-0.25, -0.2) is 8.42 Å². The van der Waals surface area contributed by atoms with Gasteiger partial charge in [0.1, 0.15) is 0 Å². The summed E-state index contributed by atoms with van der Waals surface area (Å²) in [4.78, 5) is 13.5. The Kier molecular flexibility index (Phi) is 5.97. The second-order valence-electron chi connectivity index (χ2n) is 7.32. The Morgan fingerprint density at radius 3 is 2.89 bits per heavy atom. The minimum absolute atomic E-state index is 0.0121. The zero-order valence-corrected chi connectivity index (χ0v) is 16.5. The average molecular weight is 398 g/mol. The Morgan fingerprint density at radius 2 is 2.26 bits per heavy atom. The molecule has 0 spiro atoms. The molecule has 27 heavy (non-hydrogen) atoms. The fourth-order valence-electron chi connectivity index (χ4n) is 3.36. The summed E-state index contributed by atoms with van der Waals surface area (Å²) in [5.41, 5.74) is -0.462. The average Bonchev–Trinajstić information content (AvgIpc) is 3.40. The number of aromatic nitrogens is 2. The van der Waals surface area contributed by atoms with Crippen LogP contribution in [0, 0.1) is 5.41 Å². The summed E-state index contributed by atoms with van der Waals surface area (Å²) in [6.45, 7) is 1.49. The molecule has 0 aromatic carbocycles. The summed E-state index contributed by atoms with van der Waals surface area (Å²) in [5, 5.41) is 7.90. The van der Waals surface area contributed by atoms with E-state index in [1.54, 1.807) is 12.3 Å². The van der Waals surface area contributed by atoms with Gasteiger partial charge in [0.2, 0.25) is 10.0 Å². The molecule has 2 fully saturated rings. The summed E-state index contributed by atoms with van der Waals surface area (Å²) >= 11 is 0. The molecule has 1 atom stereocenters. The van der Waals surface area contributed by atoms with E-state index in [-0.39, 0.29) is 24.2 Å². The molecule has 1 saturated heterocycles. The number of esters is 1. The van der Waals surface area contributed by atoms with Crippen molar-refractivity contribution in [3.8, 4) is 0 Å². The summed E-state index contributed by atoms with van der Waals surface area (Å²) in [7, 11) is -0.269. The number of carbonyl (C=O) groups excluding carboxylic acids is 1. The van der Waals surface area contributed by atoms with Gasteiger partial charge in [-0.3, -0.25) is 4.79 Å². The number of ether oxygens (including phenoxy) is 2. The molecule has 10 heteroatoms. The van der Waals surface area contributed by atoms with Gasteiger partial charge in [-0.1, -0.05) is 0 Å². The van der Waals surface area contributed by atoms with Gasteiger partial charge in [-0.05, 0) is 30.4 Å². The van der Waals surface area contributed by atoms with Crippen molar-refractivity contribution in [3.05, 3.63) is 18.3 Å². The molecular formula is C17H26N4O5S. The number of hydrogen-bond acceptors (Lipinski definition) is 8. The van der Waals surface area contributed by atoms with Crippen molar-refractivity contribution >= 4 is 21.8 Å². The van der Waals surface area contributed by atoms with Gasteiger partial charge in [-0.15, -0.1) is 5.10 Å². The second-order valence-corrected chi connectivity index (χ2v) is 9.29. The Morgan fingerprint density at radius 1 is 1.48 bits per heavy atom. The van der Waals surface area contributed by atoms with Gasteiger partial charge in [0.25, 0.3) is 0 Å². The minimum atomic E-state index is -3.47. The molecule has 1 aromatic rings. The van der Waals surface area contributed by atoms with E-state index in [0.29, 0.717) is 32.1 Å². The number of methoxy groups -OCH3 is 1. The summed E-state index contributed by atoms with van der Waals surface area (Å²) in [5.74, 6) is 0.339. The highest BCUT2D eigenvalue weighted by Crippen LogP contribution is 2.50. The molecule has 150 valence electrons. The number of rotatable bonds is 8. The first kappa shape index (κ1) is 20.0. The van der Waals surface area contributed by atoms with E-state index < -0.39 is 15.4 Å². The van der Waals surface area contributed by atoms with Crippen LogP contribution in [0.4, 0.5) is 5.82 Å². The third-order valence-electron chi connectivity index (χ3n) is 5.11. The summed E-state index contributed by atoms with van der Waals surface area (Å²) in [6.07, 6.45) is 2.99. The maximum Gasteiger partial charge on any atom is 0.306 e. The molecular weight excluding hydrogens is 372 g/mol. The fourth-order valence-corrected chi connectivity index (χ4v) is 5.45. The van der Waals surface area contributed by atoms with Crippen LogP contribution in [0.2, 0.25) is 0 Å². The van der Waals surface area contributed by atoms with E-state index in [1.165, 1.54) is 11.4 Å². The van der Waals surface area contributed by atoms with Crippen LogP contribution in [-0.4, -0.2) is 81.1 Å². The number of nitrogens with zero attached hydrogens (tertiary/aromatic N) is 4. The smallest absolute Gasteiger partial charge is 0.306 e. The van der Waals surface area contributed by atoms with Crippen LogP contribution in [0.15, 0.2) is 18.3 Å². The van der Waals surface area contributed by atoms with Crippen LogP contribution in [0.1, 0.15) is 19.3 Å². The first-order chi connectivity index (χ1) is 12.8. The Hall–Kier alpha value is -1.78. The van der Waals surface area contributed by atoms with Crippen molar-refractivity contribution in [1.82, 2.24) is 14.5 Å². The van der Waals surface area contributed by atoms with Crippen molar-refractivity contribution in [2.24, 2.45) is 5.41 Å². The molecule has 0 N–H and O–H groups in total. The minimum Gasteiger partial charge on any atom is -0.469 e. The Balaban J connectivity index is 1.59. The van der Waals surface area contributed by atoms with Gasteiger partial charge in [-0.2, -0.15) is 9.40 Å². The molecule has 0 bridgehead atoms. The summed E-state index contributed by atoms with van der Waals surface area (Å²) in [6, 6.07) is 3.64. The van der Waals surface area contributed by atoms with Gasteiger partial charge in [0, 0.05) is 32.9 Å². The van der Waals surface area contributed by atoms with Crippen LogP contribution in [0.5, 0.6) is 0 Å². The first-order valence-electron chi connectivity index (χ1n) is 8.99. The quantitative estimate of drug-likeness (QED) is 0.576. The molecule has 0 amide bonds. The lowest BCUT2D eigenvalue weighted by Gasteiger charge is -2.35. The zero-order valence-electron chi connectivity index (χ0n) is 15.7. The molecule has 0 radical (unpaired) electrons. The third-order valence-corrected chi connectivity index (χ3v) is 7.21. The number of sulfonamides is 1. The van der Waals surface area contributed by atoms with E-state index in [9.17, 15) is 13.2 Å². The van der Waals surface area contributed by atoms with Crippen molar-refractivity contribution < 1.29 is 22.7 Å². The highest BCUT2D eigenvalue weighted by molar-refractivity contribution is 7.89. The number of hydrogen-bond donors (Lipinski definition) is 0. The van der Waals surface area contributed by atoms with Crippen LogP contribution >= 0.6 is 0 Å². The van der Waals surface area contributed by atoms with Gasteiger partial charge < -0.3 is 14.4 Å². The third kappa shape index (κ3) is 5.14. The molecule has 1 unspecified atom stereocenters. The monoisotopic (exact) mass is 398 g/mol. The lowest BCUT2D eigenvalue weighted by Crippen LogP contribution is -2.50. The van der Waals surface area contributed by atoms with E-state index >= 15 is 0 Å². The molecule has 2 aliphatic rings. The Bertz CT molecular complexity index is 754. The molecule has 1 aliphatic carbocycles. The maximum atomic E-state index is 12.9.